The van der Waals surface area contributed by atoms with E-state index in [1.807, 2.05) is 6.26 Å². The zero-order valence-corrected chi connectivity index (χ0v) is 7.04. The summed E-state index contributed by atoms with van der Waals surface area (Å²) in [6.45, 7) is 0. The Kier molecular flexibility index (Phi) is 10.7. The predicted molar refractivity (Wildman–Crippen MR) is 42.1 cm³/mol. The molecule has 0 amide bonds. The van der Waals surface area contributed by atoms with Gasteiger partial charge in [0.25, 0.3) is 0 Å². The van der Waals surface area contributed by atoms with E-state index < -0.39 is 12.0 Å². The SMILES string of the molecule is CSCCC(N)C(=O)O.N#N. The summed E-state index contributed by atoms with van der Waals surface area (Å²) in [5.74, 6) is -0.1000. The Morgan fingerprint density at radius 2 is 2.18 bits per heavy atom. The standard InChI is InChI=1S/C5H11NO2S.N2/c1-9-3-2-4(6)5(7)8;1-2/h4H,2-3,6H2,1H3,(H,7,8);. The number of carboxylic acid groups (broad SMARTS) is 1. The van der Waals surface area contributed by atoms with Crippen molar-refractivity contribution in [3.05, 3.63) is 0 Å². The lowest BCUT2D eigenvalue weighted by Crippen LogP contribution is -2.30. The first-order chi connectivity index (χ1) is 5.18. The van der Waals surface area contributed by atoms with E-state index in [1.54, 1.807) is 11.8 Å². The maximum absolute atomic E-state index is 10.1. The number of rotatable bonds is 4. The number of hydrogen-bond acceptors (Lipinski definition) is 5. The average molecular weight is 177 g/mol. The minimum absolute atomic E-state index is 0.552. The van der Waals surface area contributed by atoms with Crippen molar-refractivity contribution in [3.63, 3.8) is 0 Å². The van der Waals surface area contributed by atoms with Crippen LogP contribution in [0.3, 0.4) is 0 Å². The van der Waals surface area contributed by atoms with Crippen LogP contribution in [0.4, 0.5) is 0 Å². The van der Waals surface area contributed by atoms with Crippen molar-refractivity contribution >= 4 is 17.7 Å². The second-order valence-corrected chi connectivity index (χ2v) is 2.71. The lowest BCUT2D eigenvalue weighted by atomic mass is 10.2. The van der Waals surface area contributed by atoms with Gasteiger partial charge >= 0.3 is 5.97 Å². The molecule has 0 fully saturated rings. The van der Waals surface area contributed by atoms with Crippen LogP contribution < -0.4 is 5.73 Å². The van der Waals surface area contributed by atoms with Crippen LogP contribution in [0.2, 0.25) is 0 Å². The maximum atomic E-state index is 10.1. The minimum atomic E-state index is -0.913. The Morgan fingerprint density at radius 3 is 2.45 bits per heavy atom. The van der Waals surface area contributed by atoms with Crippen LogP contribution >= 0.6 is 11.8 Å². The van der Waals surface area contributed by atoms with E-state index in [2.05, 4.69) is 0 Å². The molecule has 0 aliphatic carbocycles. The molecule has 0 aromatic heterocycles. The molecule has 0 rings (SSSR count). The van der Waals surface area contributed by atoms with Gasteiger partial charge in [-0.3, -0.25) is 4.79 Å². The van der Waals surface area contributed by atoms with E-state index in [4.69, 9.17) is 21.6 Å². The van der Waals surface area contributed by atoms with Gasteiger partial charge in [0.15, 0.2) is 0 Å². The smallest absolute Gasteiger partial charge is 0.320 e. The van der Waals surface area contributed by atoms with Gasteiger partial charge in [0.1, 0.15) is 6.04 Å². The molecule has 0 radical (unpaired) electrons. The first kappa shape index (κ1) is 12.8. The quantitative estimate of drug-likeness (QED) is 0.592. The normalized spacial score (nSPS) is 10.9. The van der Waals surface area contributed by atoms with E-state index in [-0.39, 0.29) is 0 Å². The molecule has 0 aromatic carbocycles. The Labute approximate surface area is 69.4 Å². The van der Waals surface area contributed by atoms with E-state index in [9.17, 15) is 4.79 Å². The monoisotopic (exact) mass is 177 g/mol. The fourth-order valence-corrected chi connectivity index (χ4v) is 0.858. The van der Waals surface area contributed by atoms with Crippen LogP contribution in [0, 0.1) is 10.8 Å². The molecule has 1 atom stereocenters. The van der Waals surface area contributed by atoms with E-state index in [0.717, 1.165) is 5.75 Å². The molecule has 0 bridgehead atoms. The molecule has 5 nitrogen and oxygen atoms in total. The summed E-state index contributed by atoms with van der Waals surface area (Å²) in [6, 6.07) is -0.683. The van der Waals surface area contributed by atoms with Gasteiger partial charge in [0.2, 0.25) is 0 Å². The Balaban J connectivity index is 0. The van der Waals surface area contributed by atoms with E-state index >= 15 is 0 Å². The van der Waals surface area contributed by atoms with Gasteiger partial charge in [0.05, 0.1) is 0 Å². The van der Waals surface area contributed by atoms with Gasteiger partial charge in [-0.1, -0.05) is 0 Å². The third-order valence-electron chi connectivity index (χ3n) is 0.950. The molecular weight excluding hydrogens is 166 g/mol. The van der Waals surface area contributed by atoms with Crippen molar-refractivity contribution in [2.24, 2.45) is 5.73 Å². The summed E-state index contributed by atoms with van der Waals surface area (Å²) in [4.78, 5) is 10.1. The van der Waals surface area contributed by atoms with E-state index in [0.29, 0.717) is 6.42 Å². The van der Waals surface area contributed by atoms with Gasteiger partial charge in [-0.2, -0.15) is 11.8 Å². The largest absolute Gasteiger partial charge is 0.480 e. The van der Waals surface area contributed by atoms with Crippen molar-refractivity contribution < 1.29 is 9.90 Å². The molecule has 11 heavy (non-hydrogen) atoms. The highest BCUT2D eigenvalue weighted by molar-refractivity contribution is 7.98. The second kappa shape index (κ2) is 9.20. The summed E-state index contributed by atoms with van der Waals surface area (Å²) < 4.78 is 0. The van der Waals surface area contributed by atoms with Crippen LogP contribution in [-0.4, -0.2) is 29.1 Å². The summed E-state index contributed by atoms with van der Waals surface area (Å²) in [6.07, 6.45) is 2.48. The van der Waals surface area contributed by atoms with Gasteiger partial charge in [0, 0.05) is 10.8 Å². The van der Waals surface area contributed by atoms with Crippen molar-refractivity contribution in [2.75, 3.05) is 12.0 Å². The molecule has 0 aliphatic heterocycles. The Morgan fingerprint density at radius 1 is 1.73 bits per heavy atom. The van der Waals surface area contributed by atoms with Gasteiger partial charge in [-0.25, -0.2) is 0 Å². The van der Waals surface area contributed by atoms with Gasteiger partial charge in [-0.15, -0.1) is 0 Å². The van der Waals surface area contributed by atoms with Crippen LogP contribution in [0.15, 0.2) is 0 Å². The lowest BCUT2D eigenvalue weighted by molar-refractivity contribution is -0.138. The molecule has 6 heteroatoms. The fourth-order valence-electron chi connectivity index (χ4n) is 0.368. The Bertz CT molecular complexity index is 128. The minimum Gasteiger partial charge on any atom is -0.480 e. The highest BCUT2D eigenvalue weighted by atomic mass is 32.2. The number of aliphatic carboxylic acids is 1. The predicted octanol–water partition coefficient (Wildman–Crippen LogP) is 0.182. The van der Waals surface area contributed by atoms with Crippen molar-refractivity contribution in [1.82, 2.24) is 0 Å². The maximum Gasteiger partial charge on any atom is 0.320 e. The molecule has 0 saturated heterocycles. The molecule has 64 valence electrons. The summed E-state index contributed by atoms with van der Waals surface area (Å²) in [5, 5.41) is 20.3. The van der Waals surface area contributed by atoms with Crippen molar-refractivity contribution in [2.45, 2.75) is 12.5 Å². The number of carbonyl (C=O) groups is 1. The van der Waals surface area contributed by atoms with E-state index in [1.165, 1.54) is 0 Å². The molecule has 1 unspecified atom stereocenters. The first-order valence-corrected chi connectivity index (χ1v) is 4.25. The van der Waals surface area contributed by atoms with Gasteiger partial charge in [-0.05, 0) is 18.4 Å². The molecular formula is C5H11N3O2S. The third-order valence-corrected chi connectivity index (χ3v) is 1.59. The number of carboxylic acids is 1. The van der Waals surface area contributed by atoms with Crippen molar-refractivity contribution in [3.8, 4) is 0 Å². The summed E-state index contributed by atoms with van der Waals surface area (Å²) in [7, 11) is 0. The fraction of sp³-hybridized carbons (Fsp3) is 0.800. The molecule has 0 saturated carbocycles. The zero-order chi connectivity index (χ0) is 9.28. The number of thioether (sulfide) groups is 1. The number of nitrogens with two attached hydrogens (primary N) is 1. The molecule has 0 aromatic rings. The second-order valence-electron chi connectivity index (χ2n) is 1.73. The number of hydrogen-bond donors (Lipinski definition) is 2. The van der Waals surface area contributed by atoms with Gasteiger partial charge < -0.3 is 10.8 Å². The summed E-state index contributed by atoms with van der Waals surface area (Å²) in [5.41, 5.74) is 5.19. The molecule has 0 spiro atoms. The van der Waals surface area contributed by atoms with Crippen LogP contribution in [-0.2, 0) is 4.79 Å². The van der Waals surface area contributed by atoms with Crippen LogP contribution in [0.25, 0.3) is 0 Å². The first-order valence-electron chi connectivity index (χ1n) is 2.85. The van der Waals surface area contributed by atoms with Crippen LogP contribution in [0.5, 0.6) is 0 Å². The lowest BCUT2D eigenvalue weighted by Gasteiger charge is -2.02. The highest BCUT2D eigenvalue weighted by Crippen LogP contribution is 1.97. The molecule has 0 heterocycles. The molecule has 0 aliphatic rings. The highest BCUT2D eigenvalue weighted by Gasteiger charge is 2.08. The average Bonchev–Trinajstić information content (AvgIpc) is 2.03. The third kappa shape index (κ3) is 9.20. The zero-order valence-electron chi connectivity index (χ0n) is 6.23. The van der Waals surface area contributed by atoms with Crippen molar-refractivity contribution in [1.29, 1.82) is 10.8 Å². The number of nitrogens with zero attached hydrogens (tertiary/aromatic N) is 2. The summed E-state index contributed by atoms with van der Waals surface area (Å²) >= 11 is 1.60. The Hall–Kier alpha value is -0.800. The molecule has 3 N–H and O–H groups in total. The van der Waals surface area contributed by atoms with Crippen LogP contribution in [0.1, 0.15) is 6.42 Å². The topological polar surface area (TPSA) is 111 Å².